The van der Waals surface area contributed by atoms with E-state index in [1.807, 2.05) is 24.3 Å². The summed E-state index contributed by atoms with van der Waals surface area (Å²) in [5, 5.41) is 6.79. The number of nitrogens with one attached hydrogen (secondary N) is 2. The number of guanidine groups is 1. The molecule has 0 radical (unpaired) electrons. The van der Waals surface area contributed by atoms with E-state index < -0.39 is 0 Å². The molecule has 7 heteroatoms. The van der Waals surface area contributed by atoms with E-state index in [-0.39, 0.29) is 5.91 Å². The van der Waals surface area contributed by atoms with E-state index in [9.17, 15) is 4.79 Å². The molecule has 29 heavy (non-hydrogen) atoms. The normalized spacial score (nSPS) is 17.1. The number of aliphatic imine (C=N–C) groups is 1. The van der Waals surface area contributed by atoms with Crippen molar-refractivity contribution in [3.05, 3.63) is 35.4 Å². The van der Waals surface area contributed by atoms with Crippen LogP contribution in [0.5, 0.6) is 0 Å². The van der Waals surface area contributed by atoms with Crippen molar-refractivity contribution in [1.29, 1.82) is 0 Å². The Morgan fingerprint density at radius 3 is 2.38 bits per heavy atom. The highest BCUT2D eigenvalue weighted by Crippen LogP contribution is 2.08. The van der Waals surface area contributed by atoms with Gasteiger partial charge in [0.25, 0.3) is 5.91 Å². The van der Waals surface area contributed by atoms with Gasteiger partial charge in [-0.15, -0.1) is 0 Å². The second kappa shape index (κ2) is 11.8. The fraction of sp³-hybridized carbons (Fsp3) is 0.636. The van der Waals surface area contributed by atoms with Crippen molar-refractivity contribution in [3.63, 3.8) is 0 Å². The molecule has 1 atom stereocenters. The fourth-order valence-electron chi connectivity index (χ4n) is 3.33. The van der Waals surface area contributed by atoms with Crippen molar-refractivity contribution in [2.24, 2.45) is 10.9 Å². The molecule has 0 aliphatic carbocycles. The van der Waals surface area contributed by atoms with Gasteiger partial charge in [0.1, 0.15) is 0 Å². The molecule has 1 aliphatic heterocycles. The van der Waals surface area contributed by atoms with Crippen molar-refractivity contribution >= 4 is 11.9 Å². The van der Waals surface area contributed by atoms with Gasteiger partial charge in [0.15, 0.2) is 5.96 Å². The summed E-state index contributed by atoms with van der Waals surface area (Å²) in [7, 11) is 5.72. The zero-order chi connectivity index (χ0) is 21.2. The third kappa shape index (κ3) is 8.03. The quantitative estimate of drug-likeness (QED) is 0.507. The number of benzene rings is 1. The number of hydrogen-bond acceptors (Lipinski definition) is 4. The maximum absolute atomic E-state index is 12.0. The maximum Gasteiger partial charge on any atom is 0.253 e. The summed E-state index contributed by atoms with van der Waals surface area (Å²) in [5.74, 6) is 1.41. The first-order valence-corrected chi connectivity index (χ1v) is 10.6. The molecule has 1 aromatic carbocycles. The van der Waals surface area contributed by atoms with E-state index in [4.69, 9.17) is 4.99 Å². The first-order valence-electron chi connectivity index (χ1n) is 10.6. The van der Waals surface area contributed by atoms with Crippen LogP contribution < -0.4 is 10.6 Å². The Morgan fingerprint density at radius 1 is 1.14 bits per heavy atom. The molecule has 2 N–H and O–H groups in total. The van der Waals surface area contributed by atoms with Crippen LogP contribution >= 0.6 is 0 Å². The molecule has 0 bridgehead atoms. The van der Waals surface area contributed by atoms with Gasteiger partial charge in [-0.05, 0) is 37.6 Å². The predicted molar refractivity (Wildman–Crippen MR) is 120 cm³/mol. The summed E-state index contributed by atoms with van der Waals surface area (Å²) in [6.45, 7) is 12.4. The number of hydrogen-bond donors (Lipinski definition) is 2. The maximum atomic E-state index is 12.0. The Labute approximate surface area is 176 Å². The highest BCUT2D eigenvalue weighted by atomic mass is 16.2. The summed E-state index contributed by atoms with van der Waals surface area (Å²) < 4.78 is 0. The largest absolute Gasteiger partial charge is 0.357 e. The minimum atomic E-state index is 0.0180. The van der Waals surface area contributed by atoms with E-state index in [2.05, 4.69) is 41.3 Å². The molecule has 7 nitrogen and oxygen atoms in total. The lowest BCUT2D eigenvalue weighted by atomic mass is 10.1. The summed E-state index contributed by atoms with van der Waals surface area (Å²) in [5.41, 5.74) is 1.79. The van der Waals surface area contributed by atoms with Crippen LogP contribution in [0.25, 0.3) is 0 Å². The minimum absolute atomic E-state index is 0.0180. The molecule has 2 rings (SSSR count). The van der Waals surface area contributed by atoms with Gasteiger partial charge >= 0.3 is 0 Å². The van der Waals surface area contributed by atoms with Crippen molar-refractivity contribution in [2.75, 3.05) is 67.0 Å². The summed E-state index contributed by atoms with van der Waals surface area (Å²) in [6.07, 6.45) is 0. The molecular weight excluding hydrogens is 364 g/mol. The second-order valence-corrected chi connectivity index (χ2v) is 8.18. The molecule has 1 heterocycles. The van der Waals surface area contributed by atoms with Gasteiger partial charge in [-0.3, -0.25) is 4.79 Å². The van der Waals surface area contributed by atoms with Crippen molar-refractivity contribution in [3.8, 4) is 0 Å². The van der Waals surface area contributed by atoms with Crippen LogP contribution in [0.15, 0.2) is 29.3 Å². The standard InChI is InChI=1S/C22H38N6O/c1-6-23-22(24-15-18(2)17-28-13-11-27(5)12-14-28)25-16-19-7-9-20(10-8-19)21(29)26(3)4/h7-10,18H,6,11-17H2,1-5H3,(H2,23,24,25). The molecule has 0 spiro atoms. The number of piperazine rings is 1. The number of rotatable bonds is 8. The molecule has 1 fully saturated rings. The van der Waals surface area contributed by atoms with Gasteiger partial charge in [-0.2, -0.15) is 0 Å². The third-order valence-corrected chi connectivity index (χ3v) is 5.15. The van der Waals surface area contributed by atoms with E-state index in [0.717, 1.165) is 57.3 Å². The van der Waals surface area contributed by atoms with Crippen LogP contribution in [0.2, 0.25) is 0 Å². The zero-order valence-corrected chi connectivity index (χ0v) is 18.7. The van der Waals surface area contributed by atoms with Gasteiger partial charge in [0, 0.05) is 65.5 Å². The number of carbonyl (C=O) groups is 1. The van der Waals surface area contributed by atoms with Crippen molar-refractivity contribution in [2.45, 2.75) is 20.4 Å². The number of carbonyl (C=O) groups excluding carboxylic acids is 1. The molecule has 1 saturated heterocycles. The molecule has 1 aromatic rings. The number of amides is 1. The topological polar surface area (TPSA) is 63.2 Å². The molecule has 0 saturated carbocycles. The monoisotopic (exact) mass is 402 g/mol. The van der Waals surface area contributed by atoms with Crippen LogP contribution in [0.3, 0.4) is 0 Å². The lowest BCUT2D eigenvalue weighted by Crippen LogP contribution is -2.47. The van der Waals surface area contributed by atoms with Crippen LogP contribution in [0, 0.1) is 5.92 Å². The Morgan fingerprint density at radius 2 is 1.79 bits per heavy atom. The fourth-order valence-corrected chi connectivity index (χ4v) is 3.33. The van der Waals surface area contributed by atoms with Gasteiger partial charge in [0.2, 0.25) is 0 Å². The van der Waals surface area contributed by atoms with Crippen molar-refractivity contribution < 1.29 is 4.79 Å². The Kier molecular flexibility index (Phi) is 9.41. The van der Waals surface area contributed by atoms with Gasteiger partial charge in [0.05, 0.1) is 6.54 Å². The number of nitrogens with zero attached hydrogens (tertiary/aromatic N) is 4. The summed E-state index contributed by atoms with van der Waals surface area (Å²) >= 11 is 0. The Bertz CT molecular complexity index is 650. The lowest BCUT2D eigenvalue weighted by Gasteiger charge is -2.34. The first-order chi connectivity index (χ1) is 13.9. The van der Waals surface area contributed by atoms with Crippen LogP contribution in [0.4, 0.5) is 0 Å². The summed E-state index contributed by atoms with van der Waals surface area (Å²) in [6, 6.07) is 7.68. The van der Waals surface area contributed by atoms with Crippen molar-refractivity contribution in [1.82, 2.24) is 25.3 Å². The van der Waals surface area contributed by atoms with E-state index in [1.165, 1.54) is 0 Å². The van der Waals surface area contributed by atoms with E-state index in [0.29, 0.717) is 18.0 Å². The highest BCUT2D eigenvalue weighted by Gasteiger charge is 2.16. The smallest absolute Gasteiger partial charge is 0.253 e. The Balaban J connectivity index is 1.83. The average molecular weight is 403 g/mol. The van der Waals surface area contributed by atoms with Crippen LogP contribution in [0.1, 0.15) is 29.8 Å². The molecule has 1 amide bonds. The average Bonchev–Trinajstić information content (AvgIpc) is 2.71. The molecular formula is C22H38N6O. The minimum Gasteiger partial charge on any atom is -0.357 e. The van der Waals surface area contributed by atoms with E-state index >= 15 is 0 Å². The Hall–Kier alpha value is -2.12. The van der Waals surface area contributed by atoms with Gasteiger partial charge < -0.3 is 25.3 Å². The van der Waals surface area contributed by atoms with Crippen LogP contribution in [-0.2, 0) is 6.54 Å². The predicted octanol–water partition coefficient (Wildman–Crippen LogP) is 1.33. The molecule has 1 aliphatic rings. The lowest BCUT2D eigenvalue weighted by molar-refractivity contribution is 0.0827. The zero-order valence-electron chi connectivity index (χ0n) is 18.7. The van der Waals surface area contributed by atoms with E-state index in [1.54, 1.807) is 19.0 Å². The molecule has 162 valence electrons. The second-order valence-electron chi connectivity index (χ2n) is 8.18. The summed E-state index contributed by atoms with van der Waals surface area (Å²) in [4.78, 5) is 23.2. The molecule has 0 aromatic heterocycles. The highest BCUT2D eigenvalue weighted by molar-refractivity contribution is 5.93. The third-order valence-electron chi connectivity index (χ3n) is 5.15. The molecule has 1 unspecified atom stereocenters. The first kappa shape index (κ1) is 23.2. The number of likely N-dealkylation sites (N-methyl/N-ethyl adjacent to an activating group) is 1. The van der Waals surface area contributed by atoms with Gasteiger partial charge in [-0.25, -0.2) is 4.99 Å². The van der Waals surface area contributed by atoms with Gasteiger partial charge in [-0.1, -0.05) is 19.1 Å². The van der Waals surface area contributed by atoms with Crippen LogP contribution in [-0.4, -0.2) is 93.5 Å². The SMILES string of the molecule is CCNC(=NCc1ccc(C(=O)N(C)C)cc1)NCC(C)CN1CCN(C)CC1.